The average molecular weight is 409 g/mol. The molecule has 0 atom stereocenters. The van der Waals surface area contributed by atoms with Crippen molar-refractivity contribution >= 4 is 51.9 Å². The van der Waals surface area contributed by atoms with Crippen LogP contribution in [0.4, 0.5) is 0 Å². The van der Waals surface area contributed by atoms with Crippen molar-refractivity contribution in [2.24, 2.45) is 0 Å². The highest BCUT2D eigenvalue weighted by Gasteiger charge is 2.11. The molecule has 3 rings (SSSR count). The summed E-state index contributed by atoms with van der Waals surface area (Å²) in [6, 6.07) is 11.9. The molecular weight excluding hydrogens is 395 g/mol. The van der Waals surface area contributed by atoms with Gasteiger partial charge in [0.25, 0.3) is 0 Å². The van der Waals surface area contributed by atoms with E-state index in [9.17, 15) is 9.59 Å². The standard InChI is InChI=1S/C19H14Cl2O4S/c1-11-2-4-14-12(7-18(22)25-16(14)6-11)9-24-19(23)10-26-17-8-13(20)3-5-15(17)21/h2-8H,9-10H2,1H3. The molecule has 0 aliphatic heterocycles. The van der Waals surface area contributed by atoms with Crippen molar-refractivity contribution in [2.75, 3.05) is 5.75 Å². The molecule has 1 aromatic heterocycles. The molecule has 0 aliphatic carbocycles. The lowest BCUT2D eigenvalue weighted by molar-refractivity contribution is -0.141. The molecule has 0 N–H and O–H groups in total. The van der Waals surface area contributed by atoms with Crippen molar-refractivity contribution in [2.45, 2.75) is 18.4 Å². The van der Waals surface area contributed by atoms with Crippen LogP contribution in [0, 0.1) is 6.92 Å². The van der Waals surface area contributed by atoms with Gasteiger partial charge in [0.1, 0.15) is 12.2 Å². The van der Waals surface area contributed by atoms with Gasteiger partial charge in [0, 0.05) is 26.9 Å². The van der Waals surface area contributed by atoms with Crippen LogP contribution < -0.4 is 5.63 Å². The van der Waals surface area contributed by atoms with E-state index in [0.717, 1.165) is 10.9 Å². The number of benzene rings is 2. The number of carbonyl (C=O) groups excluding carboxylic acids is 1. The van der Waals surface area contributed by atoms with Gasteiger partial charge in [0.05, 0.1) is 10.8 Å². The second kappa shape index (κ2) is 8.16. The first-order chi connectivity index (χ1) is 12.4. The largest absolute Gasteiger partial charge is 0.460 e. The van der Waals surface area contributed by atoms with Crippen LogP contribution in [-0.2, 0) is 16.1 Å². The zero-order valence-corrected chi connectivity index (χ0v) is 16.1. The van der Waals surface area contributed by atoms with Crippen molar-refractivity contribution in [3.05, 3.63) is 74.1 Å². The van der Waals surface area contributed by atoms with Crippen LogP contribution in [-0.4, -0.2) is 11.7 Å². The molecule has 0 radical (unpaired) electrons. The van der Waals surface area contributed by atoms with Gasteiger partial charge in [-0.05, 0) is 36.8 Å². The Balaban J connectivity index is 1.67. The fraction of sp³-hybridized carbons (Fsp3) is 0.158. The summed E-state index contributed by atoms with van der Waals surface area (Å²) in [5.74, 6) is -0.335. The lowest BCUT2D eigenvalue weighted by atomic mass is 10.1. The smallest absolute Gasteiger partial charge is 0.336 e. The van der Waals surface area contributed by atoms with Gasteiger partial charge in [-0.25, -0.2) is 4.79 Å². The minimum Gasteiger partial charge on any atom is -0.460 e. The maximum atomic E-state index is 12.0. The number of hydrogen-bond donors (Lipinski definition) is 0. The van der Waals surface area contributed by atoms with E-state index in [0.29, 0.717) is 26.1 Å². The summed E-state index contributed by atoms with van der Waals surface area (Å²) in [7, 11) is 0. The molecule has 0 fully saturated rings. The topological polar surface area (TPSA) is 56.5 Å². The lowest BCUT2D eigenvalue weighted by Crippen LogP contribution is -2.09. The Hall–Kier alpha value is -1.95. The highest BCUT2D eigenvalue weighted by atomic mass is 35.5. The van der Waals surface area contributed by atoms with Crippen LogP contribution in [0.15, 0.2) is 56.6 Å². The third-order valence-electron chi connectivity index (χ3n) is 3.61. The minimum atomic E-state index is -0.478. The van der Waals surface area contributed by atoms with Crippen molar-refractivity contribution in [1.29, 1.82) is 0 Å². The molecule has 0 aliphatic rings. The fourth-order valence-electron chi connectivity index (χ4n) is 2.38. The molecule has 0 bridgehead atoms. The molecule has 0 amide bonds. The van der Waals surface area contributed by atoms with E-state index in [1.165, 1.54) is 17.8 Å². The molecule has 4 nitrogen and oxygen atoms in total. The first-order valence-corrected chi connectivity index (χ1v) is 9.43. The van der Waals surface area contributed by atoms with Gasteiger partial charge in [0.15, 0.2) is 0 Å². The first-order valence-electron chi connectivity index (χ1n) is 7.69. The number of carbonyl (C=O) groups is 1. The molecule has 2 aromatic carbocycles. The molecule has 7 heteroatoms. The van der Waals surface area contributed by atoms with Gasteiger partial charge in [-0.2, -0.15) is 0 Å². The van der Waals surface area contributed by atoms with Crippen LogP contribution in [0.2, 0.25) is 10.0 Å². The minimum absolute atomic E-state index is 0.00612. The maximum absolute atomic E-state index is 12.0. The quantitative estimate of drug-likeness (QED) is 0.328. The summed E-state index contributed by atoms with van der Waals surface area (Å²) in [6.45, 7) is 1.90. The second-order valence-electron chi connectivity index (χ2n) is 5.61. The molecule has 0 saturated carbocycles. The summed E-state index contributed by atoms with van der Waals surface area (Å²) in [6.07, 6.45) is 0. The second-order valence-corrected chi connectivity index (χ2v) is 7.48. The van der Waals surface area contributed by atoms with Gasteiger partial charge in [-0.15, -0.1) is 11.8 Å². The molecule has 3 aromatic rings. The molecule has 26 heavy (non-hydrogen) atoms. The molecule has 1 heterocycles. The first kappa shape index (κ1) is 18.8. The summed E-state index contributed by atoms with van der Waals surface area (Å²) >= 11 is 13.2. The zero-order valence-electron chi connectivity index (χ0n) is 13.8. The summed E-state index contributed by atoms with van der Waals surface area (Å²) < 4.78 is 10.5. The van der Waals surface area contributed by atoms with Gasteiger partial charge in [-0.3, -0.25) is 4.79 Å². The highest BCUT2D eigenvalue weighted by molar-refractivity contribution is 8.00. The number of ether oxygens (including phenoxy) is 1. The number of rotatable bonds is 5. The molecule has 0 unspecified atom stereocenters. The van der Waals surface area contributed by atoms with E-state index < -0.39 is 11.6 Å². The van der Waals surface area contributed by atoms with Gasteiger partial charge >= 0.3 is 11.6 Å². The number of thioether (sulfide) groups is 1. The monoisotopic (exact) mass is 408 g/mol. The summed E-state index contributed by atoms with van der Waals surface area (Å²) in [4.78, 5) is 24.4. The van der Waals surface area contributed by atoms with Crippen molar-refractivity contribution in [3.8, 4) is 0 Å². The highest BCUT2D eigenvalue weighted by Crippen LogP contribution is 2.30. The fourth-order valence-corrected chi connectivity index (χ4v) is 3.67. The van der Waals surface area contributed by atoms with E-state index in [-0.39, 0.29) is 12.4 Å². The van der Waals surface area contributed by atoms with E-state index in [1.807, 2.05) is 19.1 Å². The Morgan fingerprint density at radius 3 is 2.77 bits per heavy atom. The Labute approximate surface area is 164 Å². The normalized spacial score (nSPS) is 10.9. The third-order valence-corrected chi connectivity index (χ3v) is 5.32. The summed E-state index contributed by atoms with van der Waals surface area (Å²) in [5.41, 5.74) is 1.58. The maximum Gasteiger partial charge on any atom is 0.336 e. The van der Waals surface area contributed by atoms with Crippen LogP contribution >= 0.6 is 35.0 Å². The van der Waals surface area contributed by atoms with E-state index in [4.69, 9.17) is 32.4 Å². The van der Waals surface area contributed by atoms with Crippen LogP contribution in [0.25, 0.3) is 11.0 Å². The third kappa shape index (κ3) is 4.61. The number of esters is 1. The van der Waals surface area contributed by atoms with Crippen molar-refractivity contribution in [1.82, 2.24) is 0 Å². The van der Waals surface area contributed by atoms with Crippen LogP contribution in [0.3, 0.4) is 0 Å². The summed E-state index contributed by atoms with van der Waals surface area (Å²) in [5, 5.41) is 1.81. The lowest BCUT2D eigenvalue weighted by Gasteiger charge is -2.08. The van der Waals surface area contributed by atoms with Crippen LogP contribution in [0.1, 0.15) is 11.1 Å². The Kier molecular flexibility index (Phi) is 5.91. The number of hydrogen-bond acceptors (Lipinski definition) is 5. The van der Waals surface area contributed by atoms with Crippen LogP contribution in [0.5, 0.6) is 0 Å². The molecule has 0 saturated heterocycles. The van der Waals surface area contributed by atoms with Crippen molar-refractivity contribution in [3.63, 3.8) is 0 Å². The molecule has 0 spiro atoms. The molecular formula is C19H14Cl2O4S. The SMILES string of the molecule is Cc1ccc2c(COC(=O)CSc3cc(Cl)ccc3Cl)cc(=O)oc2c1. The van der Waals surface area contributed by atoms with E-state index >= 15 is 0 Å². The Morgan fingerprint density at radius 2 is 1.96 bits per heavy atom. The van der Waals surface area contributed by atoms with Gasteiger partial charge < -0.3 is 9.15 Å². The Morgan fingerprint density at radius 1 is 1.15 bits per heavy atom. The van der Waals surface area contributed by atoms with Gasteiger partial charge in [0.2, 0.25) is 0 Å². The molecule has 134 valence electrons. The van der Waals surface area contributed by atoms with E-state index in [2.05, 4.69) is 0 Å². The number of halogens is 2. The van der Waals surface area contributed by atoms with E-state index in [1.54, 1.807) is 24.3 Å². The predicted molar refractivity (Wildman–Crippen MR) is 104 cm³/mol. The zero-order chi connectivity index (χ0) is 18.7. The predicted octanol–water partition coefficient (Wildman–Crippen LogP) is 5.24. The number of fused-ring (bicyclic) bond motifs is 1. The van der Waals surface area contributed by atoms with Gasteiger partial charge in [-0.1, -0.05) is 35.3 Å². The Bertz CT molecular complexity index is 1030. The number of aryl methyl sites for hydroxylation is 1. The average Bonchev–Trinajstić information content (AvgIpc) is 2.59. The van der Waals surface area contributed by atoms with Crippen molar-refractivity contribution < 1.29 is 13.9 Å².